The summed E-state index contributed by atoms with van der Waals surface area (Å²) >= 11 is 0. The van der Waals surface area contributed by atoms with Gasteiger partial charge >= 0.3 is 0 Å². The number of nitrogens with zero attached hydrogens (tertiary/aromatic N) is 1. The average Bonchev–Trinajstić information content (AvgIpc) is 2.15. The Kier molecular flexibility index (Phi) is 9.97. The first-order chi connectivity index (χ1) is 7.85. The van der Waals surface area contributed by atoms with E-state index in [9.17, 15) is 0 Å². The smallest absolute Gasteiger partial charge is 0.0973 e. The van der Waals surface area contributed by atoms with E-state index in [4.69, 9.17) is 0 Å². The zero-order valence-electron chi connectivity index (χ0n) is 12.2. The standard InChI is InChI=1S/C16H28N.ClH/c1-8-10-17(7,11-9-2)16(12-14(3)4)13-15(5)6;/h8-9,16H,1-3,5,10-13H2,4,6-7H3;1H/q+1;/p-1. The summed E-state index contributed by atoms with van der Waals surface area (Å²) < 4.78 is 0.937. The summed E-state index contributed by atoms with van der Waals surface area (Å²) in [6, 6.07) is 0.515. The molecule has 18 heavy (non-hydrogen) atoms. The lowest BCUT2D eigenvalue weighted by Gasteiger charge is -2.41. The first kappa shape index (κ1) is 19.5. The van der Waals surface area contributed by atoms with Gasteiger partial charge in [-0.15, -0.1) is 0 Å². The van der Waals surface area contributed by atoms with Gasteiger partial charge in [0, 0.05) is 12.8 Å². The summed E-state index contributed by atoms with van der Waals surface area (Å²) in [5.41, 5.74) is 2.46. The van der Waals surface area contributed by atoms with Crippen molar-refractivity contribution in [3.8, 4) is 0 Å². The van der Waals surface area contributed by atoms with E-state index < -0.39 is 0 Å². The fourth-order valence-corrected chi connectivity index (χ4v) is 2.28. The van der Waals surface area contributed by atoms with Gasteiger partial charge in [-0.05, 0) is 26.0 Å². The van der Waals surface area contributed by atoms with Gasteiger partial charge < -0.3 is 16.9 Å². The Bertz CT molecular complexity index is 278. The predicted octanol–water partition coefficient (Wildman–Crippen LogP) is 1.11. The van der Waals surface area contributed by atoms with Crippen molar-refractivity contribution in [3.63, 3.8) is 0 Å². The quantitative estimate of drug-likeness (QED) is 0.435. The number of halogens is 1. The van der Waals surface area contributed by atoms with Gasteiger partial charge in [-0.1, -0.05) is 37.5 Å². The highest BCUT2D eigenvalue weighted by Gasteiger charge is 2.30. The van der Waals surface area contributed by atoms with Crippen LogP contribution in [-0.2, 0) is 0 Å². The van der Waals surface area contributed by atoms with Crippen molar-refractivity contribution in [1.29, 1.82) is 0 Å². The summed E-state index contributed by atoms with van der Waals surface area (Å²) in [6.45, 7) is 21.9. The van der Waals surface area contributed by atoms with E-state index in [-0.39, 0.29) is 12.4 Å². The maximum atomic E-state index is 4.04. The van der Waals surface area contributed by atoms with Gasteiger partial charge in [-0.2, -0.15) is 0 Å². The highest BCUT2D eigenvalue weighted by Crippen LogP contribution is 2.23. The molecule has 0 unspecified atom stereocenters. The number of likely N-dealkylation sites (N-methyl/N-ethyl adjacent to an activating group) is 1. The number of hydrogen-bond acceptors (Lipinski definition) is 0. The molecule has 0 saturated heterocycles. The van der Waals surface area contributed by atoms with Crippen molar-refractivity contribution in [2.45, 2.75) is 32.7 Å². The minimum Gasteiger partial charge on any atom is -1.00 e. The summed E-state index contributed by atoms with van der Waals surface area (Å²) in [6.07, 6.45) is 6.05. The first-order valence-corrected chi connectivity index (χ1v) is 6.20. The van der Waals surface area contributed by atoms with Crippen LogP contribution >= 0.6 is 0 Å². The van der Waals surface area contributed by atoms with Gasteiger partial charge in [0.15, 0.2) is 0 Å². The average molecular weight is 270 g/mol. The lowest BCUT2D eigenvalue weighted by Crippen LogP contribution is -3.00. The Morgan fingerprint density at radius 3 is 1.56 bits per heavy atom. The summed E-state index contributed by atoms with van der Waals surface area (Å²) in [5.74, 6) is 0. The van der Waals surface area contributed by atoms with Gasteiger partial charge in [-0.25, -0.2) is 0 Å². The van der Waals surface area contributed by atoms with E-state index >= 15 is 0 Å². The van der Waals surface area contributed by atoms with Crippen LogP contribution < -0.4 is 12.4 Å². The number of quaternary nitrogens is 1. The van der Waals surface area contributed by atoms with Gasteiger partial charge in [0.2, 0.25) is 0 Å². The monoisotopic (exact) mass is 269 g/mol. The molecule has 0 saturated carbocycles. The van der Waals surface area contributed by atoms with Gasteiger partial charge in [-0.3, -0.25) is 0 Å². The third kappa shape index (κ3) is 6.83. The molecule has 0 aliphatic heterocycles. The van der Waals surface area contributed by atoms with Crippen molar-refractivity contribution < 1.29 is 16.9 Å². The van der Waals surface area contributed by atoms with E-state index in [0.29, 0.717) is 6.04 Å². The molecule has 0 N–H and O–H groups in total. The van der Waals surface area contributed by atoms with E-state index in [1.165, 1.54) is 11.1 Å². The summed E-state index contributed by atoms with van der Waals surface area (Å²) in [7, 11) is 2.26. The van der Waals surface area contributed by atoms with E-state index in [2.05, 4.69) is 47.2 Å². The number of hydrogen-bond donors (Lipinski definition) is 0. The predicted molar refractivity (Wildman–Crippen MR) is 79.0 cm³/mol. The van der Waals surface area contributed by atoms with Crippen LogP contribution in [0.4, 0.5) is 0 Å². The number of rotatable bonds is 9. The molecule has 0 rings (SSSR count). The third-order valence-corrected chi connectivity index (χ3v) is 3.14. The molecule has 0 bridgehead atoms. The second kappa shape index (κ2) is 9.18. The Labute approximate surface area is 120 Å². The molecule has 0 spiro atoms. The van der Waals surface area contributed by atoms with Crippen LogP contribution in [0.2, 0.25) is 0 Å². The van der Waals surface area contributed by atoms with Gasteiger partial charge in [0.25, 0.3) is 0 Å². The molecule has 0 fully saturated rings. The van der Waals surface area contributed by atoms with Crippen molar-refractivity contribution in [2.75, 3.05) is 20.1 Å². The Morgan fingerprint density at radius 2 is 1.33 bits per heavy atom. The van der Waals surface area contributed by atoms with Crippen LogP contribution in [-0.4, -0.2) is 30.7 Å². The highest BCUT2D eigenvalue weighted by atomic mass is 35.5. The maximum Gasteiger partial charge on any atom is 0.0973 e. The molecule has 0 amide bonds. The first-order valence-electron chi connectivity index (χ1n) is 6.20. The summed E-state index contributed by atoms with van der Waals surface area (Å²) in [5, 5.41) is 0. The Hall–Kier alpha value is -0.790. The molecular weight excluding hydrogens is 242 g/mol. The van der Waals surface area contributed by atoms with Crippen LogP contribution in [0.5, 0.6) is 0 Å². The molecule has 0 radical (unpaired) electrons. The molecule has 0 atom stereocenters. The van der Waals surface area contributed by atoms with Crippen molar-refractivity contribution in [1.82, 2.24) is 0 Å². The normalized spacial score (nSPS) is 10.7. The topological polar surface area (TPSA) is 0 Å². The van der Waals surface area contributed by atoms with Crippen LogP contribution in [0.25, 0.3) is 0 Å². The molecule has 2 heteroatoms. The zero-order valence-corrected chi connectivity index (χ0v) is 13.0. The van der Waals surface area contributed by atoms with Crippen LogP contribution in [0.1, 0.15) is 26.7 Å². The Morgan fingerprint density at radius 1 is 1.00 bits per heavy atom. The fourth-order valence-electron chi connectivity index (χ4n) is 2.28. The molecule has 0 aromatic carbocycles. The van der Waals surface area contributed by atoms with Crippen molar-refractivity contribution in [3.05, 3.63) is 49.6 Å². The van der Waals surface area contributed by atoms with Gasteiger partial charge in [0.1, 0.15) is 0 Å². The van der Waals surface area contributed by atoms with Crippen LogP contribution in [0.15, 0.2) is 49.6 Å². The maximum absolute atomic E-state index is 4.04. The second-order valence-electron chi connectivity index (χ2n) is 5.40. The minimum absolute atomic E-state index is 0. The third-order valence-electron chi connectivity index (χ3n) is 3.14. The zero-order chi connectivity index (χ0) is 13.5. The highest BCUT2D eigenvalue weighted by molar-refractivity contribution is 4.98. The van der Waals surface area contributed by atoms with E-state index in [1.807, 2.05) is 12.2 Å². The van der Waals surface area contributed by atoms with E-state index in [1.54, 1.807) is 0 Å². The lowest BCUT2D eigenvalue weighted by molar-refractivity contribution is -0.922. The van der Waals surface area contributed by atoms with Crippen molar-refractivity contribution in [2.24, 2.45) is 0 Å². The largest absolute Gasteiger partial charge is 1.00 e. The molecule has 0 aliphatic carbocycles. The van der Waals surface area contributed by atoms with Crippen LogP contribution in [0.3, 0.4) is 0 Å². The molecule has 0 heterocycles. The summed E-state index contributed by atoms with van der Waals surface area (Å²) in [4.78, 5) is 0. The molecule has 0 aromatic heterocycles. The SMILES string of the molecule is C=CC[N+](C)(CC=C)C(CC(=C)C)CC(=C)C.[Cl-]. The van der Waals surface area contributed by atoms with E-state index in [0.717, 1.165) is 30.4 Å². The molecule has 1 nitrogen and oxygen atoms in total. The van der Waals surface area contributed by atoms with Gasteiger partial charge in [0.05, 0.1) is 26.2 Å². The van der Waals surface area contributed by atoms with Crippen molar-refractivity contribution >= 4 is 0 Å². The Balaban J connectivity index is 0. The molecule has 0 aromatic rings. The molecule has 0 aliphatic rings. The molecular formula is C16H28ClN. The lowest BCUT2D eigenvalue weighted by atomic mass is 9.98. The minimum atomic E-state index is 0. The second-order valence-corrected chi connectivity index (χ2v) is 5.40. The van der Waals surface area contributed by atoms with Crippen LogP contribution in [0, 0.1) is 0 Å². The fraction of sp³-hybridized carbons (Fsp3) is 0.500. The molecule has 104 valence electrons.